The summed E-state index contributed by atoms with van der Waals surface area (Å²) in [7, 11) is 0. The zero-order valence-electron chi connectivity index (χ0n) is 13.4. The number of hydrogen-bond acceptors (Lipinski definition) is 3. The summed E-state index contributed by atoms with van der Waals surface area (Å²) in [5.41, 5.74) is 4.20. The normalized spacial score (nSPS) is 16.0. The number of likely N-dealkylation sites (tertiary alicyclic amines) is 1. The van der Waals surface area contributed by atoms with Crippen LogP contribution >= 0.6 is 0 Å². The molecule has 1 aromatic carbocycles. The first-order chi connectivity index (χ1) is 10.6. The fourth-order valence-corrected chi connectivity index (χ4v) is 3.39. The molecule has 1 aromatic heterocycles. The number of aromatic nitrogens is 3. The first-order valence-corrected chi connectivity index (χ1v) is 7.79. The molecule has 22 heavy (non-hydrogen) atoms. The molecule has 1 amide bonds. The molecule has 0 unspecified atom stereocenters. The first kappa shape index (κ1) is 14.8. The predicted molar refractivity (Wildman–Crippen MR) is 84.8 cm³/mol. The Kier molecular flexibility index (Phi) is 3.96. The number of benzene rings is 1. The molecule has 0 aliphatic carbocycles. The number of piperidine rings is 1. The number of hydrogen-bond donors (Lipinski definition) is 0. The van der Waals surface area contributed by atoms with Gasteiger partial charge in [0.05, 0.1) is 18.4 Å². The van der Waals surface area contributed by atoms with E-state index in [0.717, 1.165) is 42.6 Å². The molecule has 1 aliphatic rings. The molecule has 3 rings (SSSR count). The molecule has 0 N–H and O–H groups in total. The Morgan fingerprint density at radius 3 is 2.14 bits per heavy atom. The third kappa shape index (κ3) is 2.75. The van der Waals surface area contributed by atoms with Crippen molar-refractivity contribution in [3.63, 3.8) is 0 Å². The Morgan fingerprint density at radius 2 is 1.59 bits per heavy atom. The van der Waals surface area contributed by atoms with E-state index >= 15 is 0 Å². The number of carbonyl (C=O) groups excluding carboxylic acids is 1. The van der Waals surface area contributed by atoms with Crippen LogP contribution in [0.1, 0.15) is 45.9 Å². The van der Waals surface area contributed by atoms with Crippen LogP contribution in [0.5, 0.6) is 0 Å². The maximum atomic E-state index is 12.8. The average molecular weight is 298 g/mol. The molecule has 0 atom stereocenters. The molecule has 5 heteroatoms. The molecule has 2 aromatic rings. The molecule has 0 bridgehead atoms. The third-order valence-corrected chi connectivity index (χ3v) is 4.41. The van der Waals surface area contributed by atoms with Crippen LogP contribution in [0.15, 0.2) is 24.5 Å². The first-order valence-electron chi connectivity index (χ1n) is 7.79. The van der Waals surface area contributed by atoms with Crippen molar-refractivity contribution < 1.29 is 4.79 Å². The lowest BCUT2D eigenvalue weighted by molar-refractivity contribution is 0.0682. The maximum absolute atomic E-state index is 12.8. The molecule has 0 saturated carbocycles. The zero-order chi connectivity index (χ0) is 15.7. The van der Waals surface area contributed by atoms with E-state index in [4.69, 9.17) is 0 Å². The number of aryl methyl sites for hydroxylation is 3. The van der Waals surface area contributed by atoms with Crippen molar-refractivity contribution in [3.8, 4) is 0 Å². The molecule has 0 spiro atoms. The summed E-state index contributed by atoms with van der Waals surface area (Å²) in [5, 5.41) is 8.42. The highest BCUT2D eigenvalue weighted by atomic mass is 16.2. The third-order valence-electron chi connectivity index (χ3n) is 4.41. The van der Waals surface area contributed by atoms with Crippen LogP contribution in [0.3, 0.4) is 0 Å². The minimum atomic E-state index is 0.155. The number of nitrogens with zero attached hydrogens (tertiary/aromatic N) is 4. The van der Waals surface area contributed by atoms with Crippen molar-refractivity contribution >= 4 is 5.91 Å². The summed E-state index contributed by atoms with van der Waals surface area (Å²) in [6, 6.07) is 4.47. The Balaban J connectivity index is 1.73. The van der Waals surface area contributed by atoms with Crippen molar-refractivity contribution in [2.24, 2.45) is 0 Å². The Labute approximate surface area is 130 Å². The van der Waals surface area contributed by atoms with Crippen LogP contribution in [0.2, 0.25) is 0 Å². The van der Waals surface area contributed by atoms with E-state index in [-0.39, 0.29) is 5.91 Å². The molecule has 116 valence electrons. The minimum absolute atomic E-state index is 0.155. The van der Waals surface area contributed by atoms with E-state index in [9.17, 15) is 4.79 Å². The van der Waals surface area contributed by atoms with E-state index in [1.807, 2.05) is 18.7 Å². The second-order valence-electron chi connectivity index (χ2n) is 6.15. The molecule has 1 aliphatic heterocycles. The van der Waals surface area contributed by atoms with Crippen LogP contribution < -0.4 is 0 Å². The highest BCUT2D eigenvalue weighted by Crippen LogP contribution is 2.24. The number of carbonyl (C=O) groups is 1. The summed E-state index contributed by atoms with van der Waals surface area (Å²) in [6.45, 7) is 7.63. The lowest BCUT2D eigenvalue weighted by Crippen LogP contribution is -2.40. The van der Waals surface area contributed by atoms with E-state index < -0.39 is 0 Å². The molecular formula is C17H22N4O. The predicted octanol–water partition coefficient (Wildman–Crippen LogP) is 2.68. The van der Waals surface area contributed by atoms with Crippen molar-refractivity contribution in [1.29, 1.82) is 0 Å². The van der Waals surface area contributed by atoms with Crippen molar-refractivity contribution in [2.45, 2.75) is 39.7 Å². The Morgan fingerprint density at radius 1 is 1.05 bits per heavy atom. The van der Waals surface area contributed by atoms with Crippen LogP contribution in [0.25, 0.3) is 0 Å². The van der Waals surface area contributed by atoms with Gasteiger partial charge in [-0.05, 0) is 44.7 Å². The fraction of sp³-hybridized carbons (Fsp3) is 0.471. The van der Waals surface area contributed by atoms with Crippen molar-refractivity contribution in [1.82, 2.24) is 19.9 Å². The van der Waals surface area contributed by atoms with Gasteiger partial charge in [0.2, 0.25) is 0 Å². The second-order valence-corrected chi connectivity index (χ2v) is 6.15. The molecule has 5 nitrogen and oxygen atoms in total. The van der Waals surface area contributed by atoms with E-state index in [0.29, 0.717) is 6.04 Å². The lowest BCUT2D eigenvalue weighted by atomic mass is 9.97. The summed E-state index contributed by atoms with van der Waals surface area (Å²) in [5.74, 6) is 0.155. The molecule has 1 saturated heterocycles. The maximum Gasteiger partial charge on any atom is 0.254 e. The average Bonchev–Trinajstić information content (AvgIpc) is 3.00. The van der Waals surface area contributed by atoms with Gasteiger partial charge in [0.15, 0.2) is 0 Å². The highest BCUT2D eigenvalue weighted by Gasteiger charge is 2.26. The Hall–Kier alpha value is -2.17. The van der Waals surface area contributed by atoms with Gasteiger partial charge in [-0.15, -0.1) is 0 Å². The number of rotatable bonds is 2. The van der Waals surface area contributed by atoms with Gasteiger partial charge >= 0.3 is 0 Å². The largest absolute Gasteiger partial charge is 0.338 e. The second kappa shape index (κ2) is 5.91. The van der Waals surface area contributed by atoms with Gasteiger partial charge in [-0.3, -0.25) is 4.79 Å². The quantitative estimate of drug-likeness (QED) is 0.856. The van der Waals surface area contributed by atoms with E-state index in [1.54, 1.807) is 17.2 Å². The van der Waals surface area contributed by atoms with Crippen molar-refractivity contribution in [2.75, 3.05) is 13.1 Å². The summed E-state index contributed by atoms with van der Waals surface area (Å²) >= 11 is 0. The zero-order valence-corrected chi connectivity index (χ0v) is 13.4. The molecule has 0 radical (unpaired) electrons. The van der Waals surface area contributed by atoms with Gasteiger partial charge in [-0.25, -0.2) is 0 Å². The monoisotopic (exact) mass is 298 g/mol. The van der Waals surface area contributed by atoms with Gasteiger partial charge in [0, 0.05) is 18.7 Å². The Bertz CT molecular complexity index is 647. The van der Waals surface area contributed by atoms with Crippen LogP contribution in [0, 0.1) is 20.8 Å². The lowest BCUT2D eigenvalue weighted by Gasteiger charge is -2.32. The SMILES string of the molecule is Cc1cc(C)c(C(=O)N2CCC(n3nccn3)CC2)c(C)c1. The van der Waals surface area contributed by atoms with Gasteiger partial charge in [0.1, 0.15) is 0 Å². The van der Waals surface area contributed by atoms with E-state index in [1.165, 1.54) is 5.56 Å². The van der Waals surface area contributed by atoms with Gasteiger partial charge in [-0.1, -0.05) is 17.7 Å². The molecular weight excluding hydrogens is 276 g/mol. The van der Waals surface area contributed by atoms with Crippen LogP contribution in [0.4, 0.5) is 0 Å². The van der Waals surface area contributed by atoms with Gasteiger partial charge in [-0.2, -0.15) is 15.0 Å². The van der Waals surface area contributed by atoms with Crippen molar-refractivity contribution in [3.05, 3.63) is 46.8 Å². The standard InChI is InChI=1S/C17H22N4O/c1-12-10-13(2)16(14(3)11-12)17(22)20-8-4-15(5-9-20)21-18-6-7-19-21/h6-7,10-11,15H,4-5,8-9H2,1-3H3. The smallest absolute Gasteiger partial charge is 0.254 e. The molecule has 1 fully saturated rings. The topological polar surface area (TPSA) is 51.0 Å². The van der Waals surface area contributed by atoms with Crippen LogP contribution in [-0.2, 0) is 0 Å². The highest BCUT2D eigenvalue weighted by molar-refractivity contribution is 5.97. The van der Waals surface area contributed by atoms with Crippen LogP contribution in [-0.4, -0.2) is 38.9 Å². The fourth-order valence-electron chi connectivity index (χ4n) is 3.39. The summed E-state index contributed by atoms with van der Waals surface area (Å²) in [4.78, 5) is 16.6. The summed E-state index contributed by atoms with van der Waals surface area (Å²) in [6.07, 6.45) is 5.22. The summed E-state index contributed by atoms with van der Waals surface area (Å²) < 4.78 is 0. The van der Waals surface area contributed by atoms with Gasteiger partial charge < -0.3 is 4.90 Å². The van der Waals surface area contributed by atoms with E-state index in [2.05, 4.69) is 29.3 Å². The molecule has 2 heterocycles. The minimum Gasteiger partial charge on any atom is -0.338 e. The van der Waals surface area contributed by atoms with Gasteiger partial charge in [0.25, 0.3) is 5.91 Å². The number of amides is 1.